The molecule has 1 N–H and O–H groups in total. The zero-order chi connectivity index (χ0) is 21.1. The third-order valence-corrected chi connectivity index (χ3v) is 5.54. The summed E-state index contributed by atoms with van der Waals surface area (Å²) >= 11 is 7.47. The maximum Gasteiger partial charge on any atom is 0.258 e. The van der Waals surface area contributed by atoms with Crippen LogP contribution in [0.2, 0.25) is 5.02 Å². The number of ether oxygens (including phenoxy) is 1. The number of benzene rings is 3. The molecule has 0 spiro atoms. The highest BCUT2D eigenvalue weighted by atomic mass is 35.5. The number of hydrogen-bond acceptors (Lipinski definition) is 4. The molecule has 0 saturated heterocycles. The smallest absolute Gasteiger partial charge is 0.258 e. The fourth-order valence-corrected chi connectivity index (χ4v) is 3.73. The van der Waals surface area contributed by atoms with Crippen LogP contribution in [0.25, 0.3) is 10.6 Å². The van der Waals surface area contributed by atoms with Gasteiger partial charge in [-0.2, -0.15) is 0 Å². The van der Waals surface area contributed by atoms with Crippen LogP contribution in [-0.2, 0) is 0 Å². The second-order valence-corrected chi connectivity index (χ2v) is 8.09. The van der Waals surface area contributed by atoms with Crippen LogP contribution in [0, 0.1) is 12.7 Å². The van der Waals surface area contributed by atoms with Crippen molar-refractivity contribution in [2.24, 2.45) is 0 Å². The molecule has 30 heavy (non-hydrogen) atoms. The summed E-state index contributed by atoms with van der Waals surface area (Å²) in [4.78, 5) is 17.7. The van der Waals surface area contributed by atoms with Gasteiger partial charge in [-0.15, -0.1) is 11.3 Å². The first-order valence-electron chi connectivity index (χ1n) is 9.07. The van der Waals surface area contributed by atoms with Crippen molar-refractivity contribution in [2.75, 3.05) is 5.32 Å². The molecule has 0 bridgehead atoms. The molecule has 7 heteroatoms. The van der Waals surface area contributed by atoms with Crippen LogP contribution in [-0.4, -0.2) is 10.9 Å². The number of aryl methyl sites for hydroxylation is 1. The maximum atomic E-state index is 13.7. The van der Waals surface area contributed by atoms with Crippen LogP contribution < -0.4 is 10.1 Å². The highest BCUT2D eigenvalue weighted by Gasteiger charge is 2.13. The highest BCUT2D eigenvalue weighted by molar-refractivity contribution is 7.15. The molecule has 0 aliphatic rings. The number of carbonyl (C=O) groups is 1. The Hall–Kier alpha value is -3.22. The third kappa shape index (κ3) is 4.50. The second kappa shape index (κ2) is 8.65. The number of rotatable bonds is 5. The molecule has 0 saturated carbocycles. The van der Waals surface area contributed by atoms with E-state index >= 15 is 0 Å². The number of anilines is 1. The molecule has 3 aromatic carbocycles. The normalized spacial score (nSPS) is 10.6. The van der Waals surface area contributed by atoms with E-state index in [0.717, 1.165) is 15.4 Å². The lowest BCUT2D eigenvalue weighted by Crippen LogP contribution is -2.13. The molecule has 1 heterocycles. The summed E-state index contributed by atoms with van der Waals surface area (Å²) in [5.74, 6) is 0.0261. The number of nitrogens with one attached hydrogen (secondary N) is 1. The number of aromatic nitrogens is 1. The lowest BCUT2D eigenvalue weighted by atomic mass is 10.2. The minimum atomic E-state index is -0.564. The van der Waals surface area contributed by atoms with E-state index in [2.05, 4.69) is 10.3 Å². The minimum Gasteiger partial charge on any atom is -0.438 e. The fourth-order valence-electron chi connectivity index (χ4n) is 2.75. The quantitative estimate of drug-likeness (QED) is 0.366. The molecule has 1 aromatic heterocycles. The van der Waals surface area contributed by atoms with E-state index in [9.17, 15) is 9.18 Å². The molecule has 4 aromatic rings. The van der Waals surface area contributed by atoms with Crippen LogP contribution in [0.4, 0.5) is 10.1 Å². The van der Waals surface area contributed by atoms with Gasteiger partial charge in [0.15, 0.2) is 0 Å². The van der Waals surface area contributed by atoms with Crippen LogP contribution in [0.1, 0.15) is 15.2 Å². The average Bonchev–Trinajstić information content (AvgIpc) is 3.10. The SMILES string of the molecule is Cc1sc(-c2ccc(Cl)cc2)nc1Oc1ccc(NC(=O)c2ccccc2F)cc1. The molecule has 0 aliphatic carbocycles. The van der Waals surface area contributed by atoms with Crippen molar-refractivity contribution >= 4 is 34.5 Å². The van der Waals surface area contributed by atoms with Gasteiger partial charge in [-0.3, -0.25) is 4.79 Å². The Labute approximate surface area is 181 Å². The van der Waals surface area contributed by atoms with Gasteiger partial charge in [0.05, 0.1) is 10.4 Å². The van der Waals surface area contributed by atoms with Crippen molar-refractivity contribution in [1.29, 1.82) is 0 Å². The second-order valence-electron chi connectivity index (χ2n) is 6.45. The number of amides is 1. The summed E-state index contributed by atoms with van der Waals surface area (Å²) in [5.41, 5.74) is 1.49. The Kier molecular flexibility index (Phi) is 5.79. The topological polar surface area (TPSA) is 51.2 Å². The van der Waals surface area contributed by atoms with Gasteiger partial charge in [-0.25, -0.2) is 9.37 Å². The number of thiazole rings is 1. The molecule has 0 aliphatic heterocycles. The van der Waals surface area contributed by atoms with Gasteiger partial charge in [0.25, 0.3) is 5.91 Å². The van der Waals surface area contributed by atoms with E-state index in [-0.39, 0.29) is 5.56 Å². The van der Waals surface area contributed by atoms with Crippen molar-refractivity contribution < 1.29 is 13.9 Å². The molecule has 0 unspecified atom stereocenters. The van der Waals surface area contributed by atoms with Crippen molar-refractivity contribution in [3.63, 3.8) is 0 Å². The van der Waals surface area contributed by atoms with E-state index in [1.54, 1.807) is 30.3 Å². The minimum absolute atomic E-state index is 0.00865. The lowest BCUT2D eigenvalue weighted by Gasteiger charge is -2.08. The number of carbonyl (C=O) groups excluding carboxylic acids is 1. The molecule has 4 nitrogen and oxygen atoms in total. The van der Waals surface area contributed by atoms with Crippen LogP contribution in [0.5, 0.6) is 11.6 Å². The Morgan fingerprint density at radius 1 is 1.03 bits per heavy atom. The van der Waals surface area contributed by atoms with E-state index in [4.69, 9.17) is 16.3 Å². The fraction of sp³-hybridized carbons (Fsp3) is 0.0435. The van der Waals surface area contributed by atoms with E-state index in [1.807, 2.05) is 31.2 Å². The molecule has 0 fully saturated rings. The first-order valence-corrected chi connectivity index (χ1v) is 10.3. The molecule has 0 atom stereocenters. The zero-order valence-corrected chi connectivity index (χ0v) is 17.4. The Morgan fingerprint density at radius 3 is 2.43 bits per heavy atom. The van der Waals surface area contributed by atoms with Gasteiger partial charge in [0.1, 0.15) is 16.6 Å². The van der Waals surface area contributed by atoms with Crippen LogP contribution in [0.3, 0.4) is 0 Å². The predicted molar refractivity (Wildman–Crippen MR) is 118 cm³/mol. The van der Waals surface area contributed by atoms with Crippen molar-refractivity contribution in [1.82, 2.24) is 4.98 Å². The molecule has 1 amide bonds. The van der Waals surface area contributed by atoms with Crippen molar-refractivity contribution in [3.05, 3.63) is 94.1 Å². The van der Waals surface area contributed by atoms with Gasteiger partial charge >= 0.3 is 0 Å². The standard InChI is InChI=1S/C23H16ClFN2O2S/c1-14-22(27-23(30-14)15-6-8-16(24)9-7-15)29-18-12-10-17(11-13-18)26-21(28)19-4-2-3-5-20(19)25/h2-13H,1H3,(H,26,28). The zero-order valence-electron chi connectivity index (χ0n) is 15.9. The summed E-state index contributed by atoms with van der Waals surface area (Å²) < 4.78 is 19.6. The predicted octanol–water partition coefficient (Wildman–Crippen LogP) is 6.96. The summed E-state index contributed by atoms with van der Waals surface area (Å²) in [6.07, 6.45) is 0. The summed E-state index contributed by atoms with van der Waals surface area (Å²) in [5, 5.41) is 4.19. The van der Waals surface area contributed by atoms with Gasteiger partial charge in [-0.05, 0) is 55.5 Å². The van der Waals surface area contributed by atoms with Gasteiger partial charge in [-0.1, -0.05) is 35.9 Å². The number of hydrogen-bond donors (Lipinski definition) is 1. The van der Waals surface area contributed by atoms with Crippen molar-refractivity contribution in [2.45, 2.75) is 6.92 Å². The third-order valence-electron chi connectivity index (χ3n) is 4.29. The van der Waals surface area contributed by atoms with Crippen LogP contribution in [0.15, 0.2) is 72.8 Å². The Balaban J connectivity index is 1.46. The molecular formula is C23H16ClFN2O2S. The van der Waals surface area contributed by atoms with Gasteiger partial charge in [0, 0.05) is 16.3 Å². The molecule has 0 radical (unpaired) electrons. The van der Waals surface area contributed by atoms with Gasteiger partial charge in [0.2, 0.25) is 5.88 Å². The Bertz CT molecular complexity index is 1190. The average molecular weight is 439 g/mol. The number of halogens is 2. The lowest BCUT2D eigenvalue weighted by molar-refractivity contribution is 0.102. The van der Waals surface area contributed by atoms with Gasteiger partial charge < -0.3 is 10.1 Å². The van der Waals surface area contributed by atoms with Crippen molar-refractivity contribution in [3.8, 4) is 22.2 Å². The van der Waals surface area contributed by atoms with E-state index in [1.165, 1.54) is 29.5 Å². The highest BCUT2D eigenvalue weighted by Crippen LogP contribution is 2.34. The largest absolute Gasteiger partial charge is 0.438 e. The summed E-state index contributed by atoms with van der Waals surface area (Å²) in [7, 11) is 0. The van der Waals surface area contributed by atoms with Crippen LogP contribution >= 0.6 is 22.9 Å². The summed E-state index contributed by atoms with van der Waals surface area (Å²) in [6, 6.07) is 20.1. The molecular weight excluding hydrogens is 423 g/mol. The number of nitrogens with zero attached hydrogens (tertiary/aromatic N) is 1. The maximum absolute atomic E-state index is 13.7. The van der Waals surface area contributed by atoms with E-state index < -0.39 is 11.7 Å². The van der Waals surface area contributed by atoms with E-state index in [0.29, 0.717) is 22.3 Å². The summed E-state index contributed by atoms with van der Waals surface area (Å²) in [6.45, 7) is 1.94. The first kappa shape index (κ1) is 20.1. The molecule has 150 valence electrons. The Morgan fingerprint density at radius 2 is 1.73 bits per heavy atom. The monoisotopic (exact) mass is 438 g/mol. The molecule has 4 rings (SSSR count). The first-order chi connectivity index (χ1) is 14.5.